The van der Waals surface area contributed by atoms with E-state index < -0.39 is 0 Å². The van der Waals surface area contributed by atoms with Crippen molar-refractivity contribution < 1.29 is 14.3 Å². The molecule has 1 aliphatic heterocycles. The van der Waals surface area contributed by atoms with Gasteiger partial charge in [-0.15, -0.1) is 0 Å². The molecule has 0 radical (unpaired) electrons. The van der Waals surface area contributed by atoms with Gasteiger partial charge < -0.3 is 19.3 Å². The number of rotatable bonds is 4. The number of anilines is 1. The Kier molecular flexibility index (Phi) is 5.59. The average molecular weight is 292 g/mol. The molecular weight excluding hydrogens is 268 g/mol. The lowest BCUT2D eigenvalue weighted by Crippen LogP contribution is -2.28. The van der Waals surface area contributed by atoms with Crippen molar-refractivity contribution in [1.29, 1.82) is 0 Å². The van der Waals surface area contributed by atoms with Gasteiger partial charge in [-0.2, -0.15) is 0 Å². The van der Waals surface area contributed by atoms with E-state index >= 15 is 0 Å². The monoisotopic (exact) mass is 292 g/mol. The molecule has 5 nitrogen and oxygen atoms in total. The van der Waals surface area contributed by atoms with E-state index in [1.807, 2.05) is 18.2 Å². The molecule has 1 aliphatic rings. The van der Waals surface area contributed by atoms with Crippen LogP contribution in [0.25, 0.3) is 0 Å². The second-order valence-corrected chi connectivity index (χ2v) is 5.41. The molecule has 0 aromatic heterocycles. The number of hydrogen-bond donors (Lipinski definition) is 0. The van der Waals surface area contributed by atoms with Crippen LogP contribution in [-0.2, 0) is 16.1 Å². The number of carbonyl (C=O) groups excluding carboxylic acids is 1. The van der Waals surface area contributed by atoms with Crippen molar-refractivity contribution in [1.82, 2.24) is 4.90 Å². The lowest BCUT2D eigenvalue weighted by molar-refractivity contribution is 0.0596. The maximum atomic E-state index is 11.8. The third-order valence-corrected chi connectivity index (χ3v) is 3.88. The van der Waals surface area contributed by atoms with Crippen molar-refractivity contribution in [2.24, 2.45) is 0 Å². The summed E-state index contributed by atoms with van der Waals surface area (Å²) in [5.74, 6) is -0.316. The Hall–Kier alpha value is -1.59. The molecule has 5 heteroatoms. The Bertz CT molecular complexity index is 490. The van der Waals surface area contributed by atoms with Crippen LogP contribution in [0, 0.1) is 0 Å². The van der Waals surface area contributed by atoms with Crippen molar-refractivity contribution in [3.8, 4) is 0 Å². The molecule has 1 heterocycles. The normalized spacial score (nSPS) is 16.6. The highest BCUT2D eigenvalue weighted by Crippen LogP contribution is 2.22. The van der Waals surface area contributed by atoms with Crippen molar-refractivity contribution in [2.75, 3.05) is 52.3 Å². The Morgan fingerprint density at radius 2 is 2.00 bits per heavy atom. The van der Waals surface area contributed by atoms with Gasteiger partial charge in [-0.3, -0.25) is 0 Å². The zero-order valence-corrected chi connectivity index (χ0v) is 13.1. The molecule has 21 heavy (non-hydrogen) atoms. The highest BCUT2D eigenvalue weighted by Gasteiger charge is 2.17. The fraction of sp³-hybridized carbons (Fsp3) is 0.562. The van der Waals surface area contributed by atoms with Gasteiger partial charge in [0.2, 0.25) is 0 Å². The third kappa shape index (κ3) is 3.95. The van der Waals surface area contributed by atoms with Crippen LogP contribution in [-0.4, -0.2) is 58.3 Å². The van der Waals surface area contributed by atoms with Gasteiger partial charge in [0.05, 0.1) is 19.3 Å². The Labute approximate surface area is 126 Å². The van der Waals surface area contributed by atoms with Crippen LogP contribution in [0.15, 0.2) is 18.2 Å². The van der Waals surface area contributed by atoms with Crippen molar-refractivity contribution >= 4 is 11.7 Å². The van der Waals surface area contributed by atoms with Gasteiger partial charge in [0, 0.05) is 32.4 Å². The van der Waals surface area contributed by atoms with Gasteiger partial charge in [-0.1, -0.05) is 0 Å². The molecular formula is C16H24N2O3. The number of carbonyl (C=O) groups is 1. The van der Waals surface area contributed by atoms with E-state index in [-0.39, 0.29) is 5.97 Å². The van der Waals surface area contributed by atoms with E-state index in [4.69, 9.17) is 9.47 Å². The average Bonchev–Trinajstić information content (AvgIpc) is 2.71. The van der Waals surface area contributed by atoms with Crippen molar-refractivity contribution in [2.45, 2.75) is 13.0 Å². The lowest BCUT2D eigenvalue weighted by atomic mass is 10.1. The first-order valence-electron chi connectivity index (χ1n) is 7.29. The minimum absolute atomic E-state index is 0.316. The second kappa shape index (κ2) is 7.43. The van der Waals surface area contributed by atoms with Gasteiger partial charge >= 0.3 is 5.97 Å². The quantitative estimate of drug-likeness (QED) is 0.791. The summed E-state index contributed by atoms with van der Waals surface area (Å²) < 4.78 is 10.0. The molecule has 0 aliphatic carbocycles. The molecule has 0 unspecified atom stereocenters. The van der Waals surface area contributed by atoms with Crippen LogP contribution >= 0.6 is 0 Å². The molecule has 2 rings (SSSR count). The summed E-state index contributed by atoms with van der Waals surface area (Å²) in [5, 5.41) is 0. The molecule has 1 saturated heterocycles. The molecule has 1 aromatic carbocycles. The number of hydrogen-bond acceptors (Lipinski definition) is 5. The number of ether oxygens (including phenoxy) is 2. The number of esters is 1. The molecule has 1 aromatic rings. The predicted octanol–water partition coefficient (Wildman–Crippen LogP) is 1.76. The highest BCUT2D eigenvalue weighted by atomic mass is 16.5. The standard InChI is InChI=1S/C16H24N2O3/c1-17-7-4-8-18(10-9-17)14-5-6-15(16(19)21-3)13(11-14)12-20-2/h5-6,11H,4,7-10,12H2,1-3H3. The number of nitrogens with zero attached hydrogens (tertiary/aromatic N) is 2. The first kappa shape index (κ1) is 15.8. The Morgan fingerprint density at radius 3 is 2.71 bits per heavy atom. The van der Waals surface area contributed by atoms with E-state index in [0.717, 1.165) is 43.9 Å². The first-order valence-corrected chi connectivity index (χ1v) is 7.29. The predicted molar refractivity (Wildman–Crippen MR) is 82.8 cm³/mol. The Morgan fingerprint density at radius 1 is 1.19 bits per heavy atom. The van der Waals surface area contributed by atoms with E-state index in [9.17, 15) is 4.79 Å². The summed E-state index contributed by atoms with van der Waals surface area (Å²) >= 11 is 0. The van der Waals surface area contributed by atoms with Crippen molar-refractivity contribution in [3.05, 3.63) is 29.3 Å². The summed E-state index contributed by atoms with van der Waals surface area (Å²) in [7, 11) is 5.19. The fourth-order valence-electron chi connectivity index (χ4n) is 2.67. The summed E-state index contributed by atoms with van der Waals surface area (Å²) in [6, 6.07) is 5.88. The molecule has 0 atom stereocenters. The summed E-state index contributed by atoms with van der Waals surface area (Å²) in [6.07, 6.45) is 1.15. The van der Waals surface area contributed by atoms with Crippen LogP contribution in [0.2, 0.25) is 0 Å². The zero-order chi connectivity index (χ0) is 15.2. The summed E-state index contributed by atoms with van der Waals surface area (Å²) in [5.41, 5.74) is 2.60. The topological polar surface area (TPSA) is 42.0 Å². The largest absolute Gasteiger partial charge is 0.465 e. The minimum Gasteiger partial charge on any atom is -0.465 e. The van der Waals surface area contributed by atoms with Gasteiger partial charge in [-0.25, -0.2) is 4.79 Å². The highest BCUT2D eigenvalue weighted by molar-refractivity contribution is 5.91. The number of benzene rings is 1. The maximum absolute atomic E-state index is 11.8. The molecule has 0 N–H and O–H groups in total. The molecule has 116 valence electrons. The maximum Gasteiger partial charge on any atom is 0.338 e. The van der Waals surface area contributed by atoms with E-state index in [1.165, 1.54) is 7.11 Å². The third-order valence-electron chi connectivity index (χ3n) is 3.88. The molecule has 0 saturated carbocycles. The zero-order valence-electron chi connectivity index (χ0n) is 13.1. The lowest BCUT2D eigenvalue weighted by Gasteiger charge is -2.24. The van der Waals surface area contributed by atoms with E-state index in [2.05, 4.69) is 16.8 Å². The van der Waals surface area contributed by atoms with Crippen LogP contribution in [0.4, 0.5) is 5.69 Å². The van der Waals surface area contributed by atoms with Crippen LogP contribution in [0.3, 0.4) is 0 Å². The minimum atomic E-state index is -0.316. The van der Waals surface area contributed by atoms with Gasteiger partial charge in [-0.05, 0) is 43.8 Å². The summed E-state index contributed by atoms with van der Waals surface area (Å²) in [6.45, 7) is 4.63. The van der Waals surface area contributed by atoms with Crippen LogP contribution in [0.5, 0.6) is 0 Å². The van der Waals surface area contributed by atoms with Gasteiger partial charge in [0.25, 0.3) is 0 Å². The Balaban J connectivity index is 2.24. The molecule has 0 spiro atoms. The molecule has 0 amide bonds. The smallest absolute Gasteiger partial charge is 0.338 e. The van der Waals surface area contributed by atoms with E-state index in [1.54, 1.807) is 7.11 Å². The van der Waals surface area contributed by atoms with Gasteiger partial charge in [0.1, 0.15) is 0 Å². The molecule has 1 fully saturated rings. The van der Waals surface area contributed by atoms with Crippen LogP contribution < -0.4 is 4.90 Å². The summed E-state index contributed by atoms with van der Waals surface area (Å²) in [4.78, 5) is 16.5. The fourth-order valence-corrected chi connectivity index (χ4v) is 2.67. The first-order chi connectivity index (χ1) is 10.2. The SMILES string of the molecule is COCc1cc(N2CCCN(C)CC2)ccc1C(=O)OC. The number of likely N-dealkylation sites (N-methyl/N-ethyl adjacent to an activating group) is 1. The molecule has 0 bridgehead atoms. The number of methoxy groups -OCH3 is 2. The second-order valence-electron chi connectivity index (χ2n) is 5.41. The van der Waals surface area contributed by atoms with Gasteiger partial charge in [0.15, 0.2) is 0 Å². The van der Waals surface area contributed by atoms with Crippen molar-refractivity contribution in [3.63, 3.8) is 0 Å². The van der Waals surface area contributed by atoms with Crippen LogP contribution in [0.1, 0.15) is 22.3 Å². The van der Waals surface area contributed by atoms with E-state index in [0.29, 0.717) is 12.2 Å².